The zero-order valence-electron chi connectivity index (χ0n) is 8.37. The molecule has 80 valence electrons. The summed E-state index contributed by atoms with van der Waals surface area (Å²) in [5.74, 6) is 0. The minimum absolute atomic E-state index is 0.221. The van der Waals surface area contributed by atoms with E-state index in [1.165, 1.54) is 4.88 Å². The number of aliphatic hydroxyl groups excluding tert-OH is 1. The molecule has 1 heterocycles. The first kappa shape index (κ1) is 12.0. The monoisotopic (exact) mass is 233 g/mol. The largest absolute Gasteiger partial charge is 0.395 e. The molecule has 0 radical (unpaired) electrons. The van der Waals surface area contributed by atoms with Crippen LogP contribution in [0, 0.1) is 0 Å². The molecule has 0 saturated heterocycles. The summed E-state index contributed by atoms with van der Waals surface area (Å²) in [5.41, 5.74) is 0. The molecular weight excluding hydrogens is 218 g/mol. The van der Waals surface area contributed by atoms with Gasteiger partial charge >= 0.3 is 0 Å². The first-order valence-electron chi connectivity index (χ1n) is 4.83. The smallest absolute Gasteiger partial charge is 0.0931 e. The molecule has 0 amide bonds. The van der Waals surface area contributed by atoms with Crippen molar-refractivity contribution in [2.24, 2.45) is 0 Å². The maximum Gasteiger partial charge on any atom is 0.0931 e. The Hall–Kier alpha value is -0.0900. The van der Waals surface area contributed by atoms with Crippen LogP contribution in [0.4, 0.5) is 0 Å². The summed E-state index contributed by atoms with van der Waals surface area (Å²) in [6.45, 7) is 5.02. The summed E-state index contributed by atoms with van der Waals surface area (Å²) in [6.07, 6.45) is 1.11. The molecule has 0 aliphatic rings. The van der Waals surface area contributed by atoms with Gasteiger partial charge in [-0.3, -0.25) is 4.90 Å². The predicted molar refractivity (Wildman–Crippen MR) is 62.0 cm³/mol. The fourth-order valence-electron chi connectivity index (χ4n) is 1.38. The molecule has 1 rings (SSSR count). The Bertz CT molecular complexity index is 258. The number of thiophene rings is 1. The minimum atomic E-state index is 0.221. The van der Waals surface area contributed by atoms with E-state index in [4.69, 9.17) is 16.7 Å². The number of hydrogen-bond acceptors (Lipinski definition) is 3. The highest BCUT2D eigenvalue weighted by molar-refractivity contribution is 7.16. The summed E-state index contributed by atoms with van der Waals surface area (Å²) >= 11 is 7.46. The van der Waals surface area contributed by atoms with Crippen LogP contribution in [0.2, 0.25) is 4.34 Å². The third kappa shape index (κ3) is 3.96. The molecule has 14 heavy (non-hydrogen) atoms. The molecule has 1 N–H and O–H groups in total. The van der Waals surface area contributed by atoms with E-state index in [2.05, 4.69) is 11.8 Å². The van der Waals surface area contributed by atoms with E-state index in [1.807, 2.05) is 12.1 Å². The minimum Gasteiger partial charge on any atom is -0.395 e. The standard InChI is InChI=1S/C10H16ClNOS/c1-2-5-12(6-7-13)8-9-3-4-10(11)14-9/h3-4,13H,2,5-8H2,1H3. The summed E-state index contributed by atoms with van der Waals surface area (Å²) < 4.78 is 0.834. The highest BCUT2D eigenvalue weighted by atomic mass is 35.5. The van der Waals surface area contributed by atoms with Crippen molar-refractivity contribution >= 4 is 22.9 Å². The molecule has 0 unspecified atom stereocenters. The lowest BCUT2D eigenvalue weighted by Gasteiger charge is -2.19. The Balaban J connectivity index is 2.46. The van der Waals surface area contributed by atoms with Crippen molar-refractivity contribution in [3.8, 4) is 0 Å². The Morgan fingerprint density at radius 2 is 2.21 bits per heavy atom. The van der Waals surface area contributed by atoms with Gasteiger partial charge in [-0.25, -0.2) is 0 Å². The summed E-state index contributed by atoms with van der Waals surface area (Å²) in [6, 6.07) is 3.97. The zero-order valence-corrected chi connectivity index (χ0v) is 9.94. The highest BCUT2D eigenvalue weighted by Gasteiger charge is 2.05. The first-order valence-corrected chi connectivity index (χ1v) is 6.03. The van der Waals surface area contributed by atoms with Gasteiger partial charge in [-0.05, 0) is 25.1 Å². The lowest BCUT2D eigenvalue weighted by Crippen LogP contribution is -2.26. The van der Waals surface area contributed by atoms with Crippen LogP contribution in [0.25, 0.3) is 0 Å². The van der Waals surface area contributed by atoms with Crippen LogP contribution in [-0.2, 0) is 6.54 Å². The first-order chi connectivity index (χ1) is 6.76. The molecule has 0 fully saturated rings. The van der Waals surface area contributed by atoms with Crippen LogP contribution in [-0.4, -0.2) is 29.7 Å². The maximum absolute atomic E-state index is 8.88. The Morgan fingerprint density at radius 3 is 2.71 bits per heavy atom. The van der Waals surface area contributed by atoms with Gasteiger partial charge in [0.1, 0.15) is 0 Å². The van der Waals surface area contributed by atoms with Crippen molar-refractivity contribution < 1.29 is 5.11 Å². The molecule has 1 aromatic heterocycles. The summed E-state index contributed by atoms with van der Waals surface area (Å²) in [5, 5.41) is 8.88. The Labute approximate surface area is 94.1 Å². The second-order valence-electron chi connectivity index (χ2n) is 3.21. The van der Waals surface area contributed by atoms with Crippen molar-refractivity contribution in [1.82, 2.24) is 4.90 Å². The van der Waals surface area contributed by atoms with Gasteiger partial charge in [-0.1, -0.05) is 18.5 Å². The predicted octanol–water partition coefficient (Wildman–Crippen LogP) is 2.61. The maximum atomic E-state index is 8.88. The molecule has 1 aromatic rings. The molecular formula is C10H16ClNOS. The number of rotatable bonds is 6. The molecule has 0 spiro atoms. The summed E-state index contributed by atoms with van der Waals surface area (Å²) in [7, 11) is 0. The highest BCUT2D eigenvalue weighted by Crippen LogP contribution is 2.22. The normalized spacial score (nSPS) is 11.1. The molecule has 0 bridgehead atoms. The molecule has 2 nitrogen and oxygen atoms in total. The molecule has 0 aromatic carbocycles. The number of hydrogen-bond donors (Lipinski definition) is 1. The average molecular weight is 234 g/mol. The summed E-state index contributed by atoms with van der Waals surface area (Å²) in [4.78, 5) is 3.50. The van der Waals surface area contributed by atoms with E-state index in [9.17, 15) is 0 Å². The number of nitrogens with zero attached hydrogens (tertiary/aromatic N) is 1. The quantitative estimate of drug-likeness (QED) is 0.817. The average Bonchev–Trinajstić information content (AvgIpc) is 2.52. The van der Waals surface area contributed by atoms with Gasteiger partial charge < -0.3 is 5.11 Å². The van der Waals surface area contributed by atoms with Crippen LogP contribution in [0.15, 0.2) is 12.1 Å². The topological polar surface area (TPSA) is 23.5 Å². The van der Waals surface area contributed by atoms with Crippen LogP contribution in [0.5, 0.6) is 0 Å². The van der Waals surface area contributed by atoms with Gasteiger partial charge in [-0.2, -0.15) is 0 Å². The van der Waals surface area contributed by atoms with Gasteiger partial charge in [0.2, 0.25) is 0 Å². The SMILES string of the molecule is CCCN(CCO)Cc1ccc(Cl)s1. The van der Waals surface area contributed by atoms with E-state index in [0.717, 1.165) is 30.4 Å². The third-order valence-corrected chi connectivity index (χ3v) is 3.18. The van der Waals surface area contributed by atoms with Crippen LogP contribution in [0.1, 0.15) is 18.2 Å². The zero-order chi connectivity index (χ0) is 10.4. The lowest BCUT2D eigenvalue weighted by molar-refractivity contribution is 0.191. The van der Waals surface area contributed by atoms with Crippen molar-refractivity contribution in [2.45, 2.75) is 19.9 Å². The molecule has 0 aliphatic carbocycles. The van der Waals surface area contributed by atoms with Gasteiger partial charge in [0, 0.05) is 18.0 Å². The van der Waals surface area contributed by atoms with E-state index >= 15 is 0 Å². The third-order valence-electron chi connectivity index (χ3n) is 1.96. The van der Waals surface area contributed by atoms with Crippen molar-refractivity contribution in [3.05, 3.63) is 21.3 Å². The molecule has 4 heteroatoms. The Kier molecular flexibility index (Phi) is 5.48. The molecule has 0 aliphatic heterocycles. The molecule has 0 atom stereocenters. The fraction of sp³-hybridized carbons (Fsp3) is 0.600. The van der Waals surface area contributed by atoms with Gasteiger partial charge in [0.15, 0.2) is 0 Å². The Morgan fingerprint density at radius 1 is 1.43 bits per heavy atom. The van der Waals surface area contributed by atoms with Crippen molar-refractivity contribution in [1.29, 1.82) is 0 Å². The second kappa shape index (κ2) is 6.40. The van der Waals surface area contributed by atoms with E-state index in [-0.39, 0.29) is 6.61 Å². The van der Waals surface area contributed by atoms with Crippen LogP contribution in [0.3, 0.4) is 0 Å². The second-order valence-corrected chi connectivity index (χ2v) is 5.01. The van der Waals surface area contributed by atoms with Gasteiger partial charge in [-0.15, -0.1) is 11.3 Å². The van der Waals surface area contributed by atoms with Crippen LogP contribution < -0.4 is 0 Å². The van der Waals surface area contributed by atoms with Gasteiger partial charge in [0.05, 0.1) is 10.9 Å². The van der Waals surface area contributed by atoms with E-state index in [0.29, 0.717) is 0 Å². The molecule has 0 saturated carbocycles. The van der Waals surface area contributed by atoms with E-state index in [1.54, 1.807) is 11.3 Å². The number of halogens is 1. The van der Waals surface area contributed by atoms with Crippen molar-refractivity contribution in [3.63, 3.8) is 0 Å². The van der Waals surface area contributed by atoms with Crippen LogP contribution >= 0.6 is 22.9 Å². The fourth-order valence-corrected chi connectivity index (χ4v) is 2.51. The van der Waals surface area contributed by atoms with E-state index < -0.39 is 0 Å². The van der Waals surface area contributed by atoms with Crippen molar-refractivity contribution in [2.75, 3.05) is 19.7 Å². The van der Waals surface area contributed by atoms with Gasteiger partial charge in [0.25, 0.3) is 0 Å². The lowest BCUT2D eigenvalue weighted by atomic mass is 10.3. The number of aliphatic hydroxyl groups is 1.